The molecule has 1 heterocycles. The molecule has 0 radical (unpaired) electrons. The number of thioether (sulfide) groups is 1. The van der Waals surface area contributed by atoms with E-state index in [1.807, 2.05) is 0 Å². The van der Waals surface area contributed by atoms with Crippen LogP contribution in [0.2, 0.25) is 10.0 Å². The highest BCUT2D eigenvalue weighted by molar-refractivity contribution is 9.10. The monoisotopic (exact) mass is 620 g/mol. The number of benzene rings is 3. The number of anilines is 1. The summed E-state index contributed by atoms with van der Waals surface area (Å²) in [7, 11) is 1.47. The molecule has 0 aromatic heterocycles. The number of amides is 3. The zero-order valence-electron chi connectivity index (χ0n) is 19.3. The molecule has 0 atom stereocenters. The van der Waals surface area contributed by atoms with Gasteiger partial charge in [0.15, 0.2) is 18.1 Å². The van der Waals surface area contributed by atoms with Crippen molar-refractivity contribution in [1.82, 2.24) is 4.90 Å². The summed E-state index contributed by atoms with van der Waals surface area (Å²) in [6.07, 6.45) is 1.60. The van der Waals surface area contributed by atoms with Gasteiger partial charge in [-0.25, -0.2) is 0 Å². The number of carbonyl (C=O) groups excluding carboxylic acids is 3. The second kappa shape index (κ2) is 12.0. The van der Waals surface area contributed by atoms with Gasteiger partial charge in [-0.2, -0.15) is 0 Å². The Morgan fingerprint density at radius 1 is 1.05 bits per heavy atom. The van der Waals surface area contributed by atoms with Crippen LogP contribution in [0.1, 0.15) is 11.1 Å². The molecule has 1 N–H and O–H groups in total. The highest BCUT2D eigenvalue weighted by Gasteiger charge is 2.35. The topological polar surface area (TPSA) is 84.9 Å². The Morgan fingerprint density at radius 2 is 1.84 bits per heavy atom. The average molecular weight is 622 g/mol. The lowest BCUT2D eigenvalue weighted by Gasteiger charge is -2.13. The lowest BCUT2D eigenvalue weighted by molar-refractivity contribution is -0.123. The molecule has 1 saturated heterocycles. The Bertz CT molecular complexity index is 1420. The van der Waals surface area contributed by atoms with Gasteiger partial charge in [0.05, 0.1) is 23.6 Å². The molecule has 0 aliphatic carbocycles. The van der Waals surface area contributed by atoms with E-state index >= 15 is 0 Å². The molecule has 0 saturated carbocycles. The minimum Gasteiger partial charge on any atom is -0.493 e. The Kier molecular flexibility index (Phi) is 8.81. The van der Waals surface area contributed by atoms with Crippen molar-refractivity contribution in [3.05, 3.63) is 91.2 Å². The zero-order valence-corrected chi connectivity index (χ0v) is 23.2. The van der Waals surface area contributed by atoms with Crippen molar-refractivity contribution in [3.8, 4) is 11.5 Å². The maximum Gasteiger partial charge on any atom is 0.293 e. The molecular weight excluding hydrogens is 603 g/mol. The number of nitrogens with one attached hydrogen (secondary N) is 1. The summed E-state index contributed by atoms with van der Waals surface area (Å²) in [6.45, 7) is -0.170. The van der Waals surface area contributed by atoms with Crippen molar-refractivity contribution in [1.29, 1.82) is 0 Å². The molecule has 0 spiro atoms. The lowest BCUT2D eigenvalue weighted by atomic mass is 10.1. The first-order valence-electron chi connectivity index (χ1n) is 10.8. The zero-order chi connectivity index (χ0) is 26.5. The Balaban J connectivity index is 1.42. The quantitative estimate of drug-likeness (QED) is 0.272. The number of carbonyl (C=O) groups is 3. The van der Waals surface area contributed by atoms with E-state index in [-0.39, 0.29) is 29.2 Å². The number of ether oxygens (including phenoxy) is 2. The number of hydrogen-bond donors (Lipinski definition) is 1. The van der Waals surface area contributed by atoms with Gasteiger partial charge >= 0.3 is 0 Å². The van der Waals surface area contributed by atoms with E-state index in [0.29, 0.717) is 38.4 Å². The Labute approximate surface area is 235 Å². The molecule has 1 aliphatic rings. The van der Waals surface area contributed by atoms with Crippen molar-refractivity contribution in [2.45, 2.75) is 6.54 Å². The van der Waals surface area contributed by atoms with Gasteiger partial charge in [0.2, 0.25) is 0 Å². The minimum absolute atomic E-state index is 0.0896. The minimum atomic E-state index is -0.404. The molecule has 11 heteroatoms. The molecule has 1 fully saturated rings. The second-order valence-electron chi connectivity index (χ2n) is 7.74. The average Bonchev–Trinajstić information content (AvgIpc) is 3.13. The van der Waals surface area contributed by atoms with Crippen LogP contribution in [-0.2, 0) is 16.1 Å². The van der Waals surface area contributed by atoms with Crippen LogP contribution in [0.3, 0.4) is 0 Å². The van der Waals surface area contributed by atoms with Crippen LogP contribution in [0, 0.1) is 0 Å². The molecule has 0 bridgehead atoms. The van der Waals surface area contributed by atoms with Gasteiger partial charge in [-0.1, -0.05) is 47.5 Å². The van der Waals surface area contributed by atoms with E-state index in [1.165, 1.54) is 7.11 Å². The molecule has 4 rings (SSSR count). The molecule has 1 aliphatic heterocycles. The lowest BCUT2D eigenvalue weighted by Crippen LogP contribution is -2.27. The largest absolute Gasteiger partial charge is 0.493 e. The predicted octanol–water partition coefficient (Wildman–Crippen LogP) is 7.02. The fourth-order valence-electron chi connectivity index (χ4n) is 3.39. The Morgan fingerprint density at radius 3 is 2.57 bits per heavy atom. The first kappa shape index (κ1) is 27.1. The van der Waals surface area contributed by atoms with Crippen LogP contribution >= 0.6 is 50.9 Å². The van der Waals surface area contributed by atoms with E-state index in [1.54, 1.807) is 66.7 Å². The fourth-order valence-corrected chi connectivity index (χ4v) is 4.85. The molecular formula is C26H19BrCl2N2O5S. The third kappa shape index (κ3) is 6.67. The van der Waals surface area contributed by atoms with Crippen LogP contribution in [-0.4, -0.2) is 35.7 Å². The molecule has 37 heavy (non-hydrogen) atoms. The summed E-state index contributed by atoms with van der Waals surface area (Å²) in [4.78, 5) is 39.1. The highest BCUT2D eigenvalue weighted by atomic mass is 79.9. The SMILES string of the molecule is COc1cc(/C=C2\SC(=O)N(Cc3ccccc3Cl)C2=O)ccc1OCC(=O)Nc1ccc(Br)c(Cl)c1. The molecule has 0 unspecified atom stereocenters. The number of nitrogens with zero attached hydrogens (tertiary/aromatic N) is 1. The van der Waals surface area contributed by atoms with Gasteiger partial charge in [0.25, 0.3) is 17.1 Å². The van der Waals surface area contributed by atoms with Crippen molar-refractivity contribution in [2.75, 3.05) is 19.0 Å². The number of methoxy groups -OCH3 is 1. The van der Waals surface area contributed by atoms with Crippen LogP contribution in [0.4, 0.5) is 10.5 Å². The molecule has 190 valence electrons. The number of imide groups is 1. The van der Waals surface area contributed by atoms with Gasteiger partial charge < -0.3 is 14.8 Å². The maximum absolute atomic E-state index is 12.9. The number of hydrogen-bond acceptors (Lipinski definition) is 6. The van der Waals surface area contributed by atoms with E-state index in [2.05, 4.69) is 21.2 Å². The first-order chi connectivity index (χ1) is 17.7. The smallest absolute Gasteiger partial charge is 0.293 e. The van der Waals surface area contributed by atoms with E-state index in [0.717, 1.165) is 21.1 Å². The normalized spacial score (nSPS) is 14.3. The summed E-state index contributed by atoms with van der Waals surface area (Å²) >= 11 is 16.4. The van der Waals surface area contributed by atoms with Gasteiger partial charge in [0.1, 0.15) is 0 Å². The van der Waals surface area contributed by atoms with E-state index in [9.17, 15) is 14.4 Å². The highest BCUT2D eigenvalue weighted by Crippen LogP contribution is 2.36. The van der Waals surface area contributed by atoms with Crippen LogP contribution in [0.15, 0.2) is 70.0 Å². The maximum atomic E-state index is 12.9. The van der Waals surface area contributed by atoms with Gasteiger partial charge in [-0.15, -0.1) is 0 Å². The molecule has 3 aromatic rings. The second-order valence-corrected chi connectivity index (χ2v) is 10.4. The summed E-state index contributed by atoms with van der Waals surface area (Å²) in [6, 6.07) is 17.1. The third-order valence-electron chi connectivity index (χ3n) is 5.21. The van der Waals surface area contributed by atoms with Gasteiger partial charge in [-0.05, 0) is 81.3 Å². The standard InChI is InChI=1S/C26H19BrCl2N2O5S/c1-35-22-10-15(6-9-21(22)36-14-24(32)30-17-7-8-18(27)20(29)12-17)11-23-25(33)31(26(34)37-23)13-16-4-2-3-5-19(16)28/h2-12H,13-14H2,1H3,(H,30,32)/b23-11-. The van der Waals surface area contributed by atoms with E-state index in [4.69, 9.17) is 32.7 Å². The van der Waals surface area contributed by atoms with Gasteiger partial charge in [0, 0.05) is 15.2 Å². The molecule has 7 nitrogen and oxygen atoms in total. The summed E-state index contributed by atoms with van der Waals surface area (Å²) in [5.74, 6) is -0.0744. The van der Waals surface area contributed by atoms with Crippen molar-refractivity contribution in [2.24, 2.45) is 0 Å². The van der Waals surface area contributed by atoms with Crippen molar-refractivity contribution < 1.29 is 23.9 Å². The summed E-state index contributed by atoms with van der Waals surface area (Å²) < 4.78 is 11.7. The van der Waals surface area contributed by atoms with Crippen LogP contribution in [0.5, 0.6) is 11.5 Å². The van der Waals surface area contributed by atoms with Crippen LogP contribution in [0.25, 0.3) is 6.08 Å². The first-order valence-corrected chi connectivity index (χ1v) is 13.2. The Hall–Kier alpha value is -2.98. The fraction of sp³-hybridized carbons (Fsp3) is 0.115. The van der Waals surface area contributed by atoms with Crippen molar-refractivity contribution >= 4 is 79.7 Å². The van der Waals surface area contributed by atoms with E-state index < -0.39 is 5.91 Å². The molecule has 3 amide bonds. The summed E-state index contributed by atoms with van der Waals surface area (Å²) in [5, 5.41) is 3.29. The number of halogens is 3. The van der Waals surface area contributed by atoms with Crippen LogP contribution < -0.4 is 14.8 Å². The summed E-state index contributed by atoms with van der Waals surface area (Å²) in [5.41, 5.74) is 1.84. The van der Waals surface area contributed by atoms with Crippen molar-refractivity contribution in [3.63, 3.8) is 0 Å². The number of rotatable bonds is 8. The molecule has 3 aromatic carbocycles. The predicted molar refractivity (Wildman–Crippen MR) is 149 cm³/mol. The third-order valence-corrected chi connectivity index (χ3v) is 7.72. The van der Waals surface area contributed by atoms with Gasteiger partial charge in [-0.3, -0.25) is 19.3 Å².